The molecule has 4 rings (SSSR count). The number of ether oxygens (including phenoxy) is 2. The summed E-state index contributed by atoms with van der Waals surface area (Å²) in [6.07, 6.45) is 3.18. The zero-order valence-corrected chi connectivity index (χ0v) is 16.9. The molecule has 3 aliphatic heterocycles. The number of hydrogen-bond acceptors (Lipinski definition) is 6. The maximum Gasteiger partial charge on any atom is 0.252 e. The molecule has 0 radical (unpaired) electrons. The molecule has 0 saturated carbocycles. The van der Waals surface area contributed by atoms with E-state index in [2.05, 4.69) is 0 Å². The molecule has 4 heterocycles. The molecule has 3 aliphatic rings. The van der Waals surface area contributed by atoms with Crippen molar-refractivity contribution >= 4 is 27.3 Å². The molecule has 1 aromatic heterocycles. The van der Waals surface area contributed by atoms with Crippen LogP contribution in [0, 0.1) is 11.8 Å². The molecule has 2 unspecified atom stereocenters. The first-order valence-corrected chi connectivity index (χ1v) is 11.9. The Kier molecular flexibility index (Phi) is 5.84. The second-order valence-corrected chi connectivity index (χ2v) is 10.5. The van der Waals surface area contributed by atoms with Crippen molar-refractivity contribution in [3.05, 3.63) is 17.5 Å². The van der Waals surface area contributed by atoms with Gasteiger partial charge in [-0.25, -0.2) is 8.42 Å². The monoisotopic (exact) mass is 414 g/mol. The first-order valence-electron chi connectivity index (χ1n) is 9.61. The van der Waals surface area contributed by atoms with Gasteiger partial charge in [0.25, 0.3) is 10.0 Å². The largest absolute Gasteiger partial charge is 0.350 e. The third-order valence-corrected chi connectivity index (χ3v) is 8.86. The van der Waals surface area contributed by atoms with E-state index in [1.165, 1.54) is 15.6 Å². The molecule has 7 nitrogen and oxygen atoms in total. The molecule has 3 saturated heterocycles. The highest BCUT2D eigenvalue weighted by Crippen LogP contribution is 2.30. The topological polar surface area (TPSA) is 76.2 Å². The molecular formula is C18H26N2O5S2. The Labute approximate surface area is 164 Å². The Morgan fingerprint density at radius 2 is 1.89 bits per heavy atom. The highest BCUT2D eigenvalue weighted by Gasteiger charge is 2.38. The minimum absolute atomic E-state index is 0.0729. The highest BCUT2D eigenvalue weighted by atomic mass is 32.2. The van der Waals surface area contributed by atoms with Crippen molar-refractivity contribution in [1.29, 1.82) is 0 Å². The van der Waals surface area contributed by atoms with Gasteiger partial charge in [0.15, 0.2) is 6.29 Å². The van der Waals surface area contributed by atoms with Crippen LogP contribution in [0.15, 0.2) is 21.7 Å². The average Bonchev–Trinajstić information content (AvgIpc) is 3.41. The molecule has 3 fully saturated rings. The summed E-state index contributed by atoms with van der Waals surface area (Å²) in [7, 11) is -3.50. The van der Waals surface area contributed by atoms with Gasteiger partial charge in [0.2, 0.25) is 5.91 Å². The average molecular weight is 415 g/mol. The number of nitrogens with zero attached hydrogens (tertiary/aromatic N) is 2. The van der Waals surface area contributed by atoms with Crippen LogP contribution in [0.3, 0.4) is 0 Å². The molecule has 1 amide bonds. The number of likely N-dealkylation sites (tertiary alicyclic amines) is 1. The molecular weight excluding hydrogens is 388 g/mol. The number of thiophene rings is 1. The molecule has 0 aliphatic carbocycles. The van der Waals surface area contributed by atoms with Crippen LogP contribution < -0.4 is 0 Å². The first kappa shape index (κ1) is 19.3. The van der Waals surface area contributed by atoms with Gasteiger partial charge >= 0.3 is 0 Å². The van der Waals surface area contributed by atoms with Crippen molar-refractivity contribution in [3.63, 3.8) is 0 Å². The lowest BCUT2D eigenvalue weighted by Gasteiger charge is -2.38. The van der Waals surface area contributed by atoms with Gasteiger partial charge < -0.3 is 14.4 Å². The fourth-order valence-corrected chi connectivity index (χ4v) is 6.91. The van der Waals surface area contributed by atoms with Crippen molar-refractivity contribution in [3.8, 4) is 0 Å². The summed E-state index contributed by atoms with van der Waals surface area (Å²) < 4.78 is 38.7. The Morgan fingerprint density at radius 1 is 1.11 bits per heavy atom. The number of carbonyl (C=O) groups excluding carboxylic acids is 1. The second kappa shape index (κ2) is 8.16. The van der Waals surface area contributed by atoms with Gasteiger partial charge in [-0.05, 0) is 37.1 Å². The van der Waals surface area contributed by atoms with E-state index in [4.69, 9.17) is 9.47 Å². The zero-order valence-electron chi connectivity index (χ0n) is 15.3. The van der Waals surface area contributed by atoms with E-state index >= 15 is 0 Å². The van der Waals surface area contributed by atoms with Crippen LogP contribution in [-0.4, -0.2) is 69.2 Å². The summed E-state index contributed by atoms with van der Waals surface area (Å²) in [5.41, 5.74) is 0. The maximum absolute atomic E-state index is 13.1. The van der Waals surface area contributed by atoms with Crippen LogP contribution in [0.4, 0.5) is 0 Å². The van der Waals surface area contributed by atoms with E-state index in [1.54, 1.807) is 17.5 Å². The molecule has 9 heteroatoms. The van der Waals surface area contributed by atoms with Gasteiger partial charge in [-0.1, -0.05) is 6.07 Å². The fraction of sp³-hybridized carbons (Fsp3) is 0.722. The van der Waals surface area contributed by atoms with Gasteiger partial charge in [0.1, 0.15) is 4.21 Å². The zero-order chi connectivity index (χ0) is 18.9. The number of carbonyl (C=O) groups is 1. The van der Waals surface area contributed by atoms with Crippen molar-refractivity contribution in [1.82, 2.24) is 9.21 Å². The van der Waals surface area contributed by atoms with Crippen molar-refractivity contribution in [2.45, 2.75) is 36.2 Å². The van der Waals surface area contributed by atoms with E-state index in [0.717, 1.165) is 25.8 Å². The smallest absolute Gasteiger partial charge is 0.252 e. The number of hydrogen-bond donors (Lipinski definition) is 0. The quantitative estimate of drug-likeness (QED) is 0.750. The summed E-state index contributed by atoms with van der Waals surface area (Å²) in [6.45, 7) is 3.36. The fourth-order valence-electron chi connectivity index (χ4n) is 4.24. The van der Waals surface area contributed by atoms with Crippen molar-refractivity contribution in [2.75, 3.05) is 39.4 Å². The highest BCUT2D eigenvalue weighted by molar-refractivity contribution is 7.91. The van der Waals surface area contributed by atoms with Crippen LogP contribution >= 0.6 is 11.3 Å². The van der Waals surface area contributed by atoms with E-state index in [1.807, 2.05) is 4.90 Å². The molecule has 0 aromatic carbocycles. The predicted octanol–water partition coefficient (Wildman–Crippen LogP) is 1.76. The Morgan fingerprint density at radius 3 is 2.63 bits per heavy atom. The summed E-state index contributed by atoms with van der Waals surface area (Å²) >= 11 is 1.22. The minimum atomic E-state index is -3.50. The van der Waals surface area contributed by atoms with Crippen LogP contribution in [0.1, 0.15) is 25.7 Å². The van der Waals surface area contributed by atoms with E-state index < -0.39 is 10.0 Å². The summed E-state index contributed by atoms with van der Waals surface area (Å²) in [6, 6.07) is 3.37. The lowest BCUT2D eigenvalue weighted by Crippen LogP contribution is -2.50. The Bertz CT molecular complexity index is 746. The van der Waals surface area contributed by atoms with Crippen LogP contribution in [0.5, 0.6) is 0 Å². The molecule has 0 spiro atoms. The van der Waals surface area contributed by atoms with Crippen LogP contribution in [-0.2, 0) is 24.3 Å². The first-order chi connectivity index (χ1) is 13.1. The molecule has 1 aromatic rings. The van der Waals surface area contributed by atoms with Crippen LogP contribution in [0.2, 0.25) is 0 Å². The Hall–Kier alpha value is -1.00. The summed E-state index contributed by atoms with van der Waals surface area (Å²) in [4.78, 5) is 15.0. The standard InChI is InChI=1S/C18H26N2O5S2/c21-17(19-7-1-5-15(12-19)18-24-9-10-25-18)14-4-2-8-20(13-14)27(22,23)16-6-3-11-26-16/h3,6,11,14-15,18H,1-2,4-5,7-10,12-13H2. The molecule has 2 atom stereocenters. The van der Waals surface area contributed by atoms with Crippen LogP contribution in [0.25, 0.3) is 0 Å². The maximum atomic E-state index is 13.1. The van der Waals surface area contributed by atoms with E-state index in [-0.39, 0.29) is 30.6 Å². The summed E-state index contributed by atoms with van der Waals surface area (Å²) in [5.74, 6) is 0.0150. The molecule has 0 bridgehead atoms. The van der Waals surface area contributed by atoms with E-state index in [9.17, 15) is 13.2 Å². The molecule has 27 heavy (non-hydrogen) atoms. The predicted molar refractivity (Wildman–Crippen MR) is 101 cm³/mol. The lowest BCUT2D eigenvalue weighted by atomic mass is 9.93. The summed E-state index contributed by atoms with van der Waals surface area (Å²) in [5, 5.41) is 1.76. The lowest BCUT2D eigenvalue weighted by molar-refractivity contribution is -0.144. The third-order valence-electron chi connectivity index (χ3n) is 5.62. The SMILES string of the molecule is O=C(C1CCCN(S(=O)(=O)c2cccs2)C1)N1CCCC(C2OCCO2)C1. The van der Waals surface area contributed by atoms with Gasteiger partial charge in [0, 0.05) is 32.1 Å². The van der Waals surface area contributed by atoms with Crippen molar-refractivity contribution in [2.24, 2.45) is 11.8 Å². The number of amides is 1. The Balaban J connectivity index is 1.41. The number of piperidine rings is 2. The third kappa shape index (κ3) is 4.07. The van der Waals surface area contributed by atoms with Gasteiger partial charge in [-0.2, -0.15) is 4.31 Å². The minimum Gasteiger partial charge on any atom is -0.350 e. The number of sulfonamides is 1. The molecule has 0 N–H and O–H groups in total. The van der Waals surface area contributed by atoms with Gasteiger partial charge in [-0.3, -0.25) is 4.79 Å². The number of rotatable bonds is 4. The normalized spacial score (nSPS) is 28.5. The van der Waals surface area contributed by atoms with Crippen molar-refractivity contribution < 1.29 is 22.7 Å². The van der Waals surface area contributed by atoms with Gasteiger partial charge in [-0.15, -0.1) is 11.3 Å². The van der Waals surface area contributed by atoms with E-state index in [0.29, 0.717) is 36.9 Å². The van der Waals surface area contributed by atoms with Gasteiger partial charge in [0.05, 0.1) is 19.1 Å². The molecule has 150 valence electrons. The second-order valence-electron chi connectivity index (χ2n) is 7.43.